The van der Waals surface area contributed by atoms with Crippen LogP contribution in [0.2, 0.25) is 0 Å². The van der Waals surface area contributed by atoms with Crippen molar-refractivity contribution in [3.8, 4) is 11.5 Å². The third-order valence-corrected chi connectivity index (χ3v) is 7.40. The van der Waals surface area contributed by atoms with E-state index in [4.69, 9.17) is 4.42 Å². The van der Waals surface area contributed by atoms with Crippen molar-refractivity contribution in [1.82, 2.24) is 25.0 Å². The van der Waals surface area contributed by atoms with E-state index in [9.17, 15) is 23.2 Å². The number of piperidine rings is 1. The number of hydrogen-bond donors (Lipinski definition) is 0. The lowest BCUT2D eigenvalue weighted by Crippen LogP contribution is -2.51. The second-order valence-electron chi connectivity index (χ2n) is 10.2. The van der Waals surface area contributed by atoms with Crippen molar-refractivity contribution in [3.63, 3.8) is 0 Å². The maximum absolute atomic E-state index is 13.6. The number of hydrogen-bond acceptors (Lipinski definition) is 7. The van der Waals surface area contributed by atoms with E-state index >= 15 is 0 Å². The van der Waals surface area contributed by atoms with Gasteiger partial charge in [-0.1, -0.05) is 12.1 Å². The van der Waals surface area contributed by atoms with E-state index in [1.54, 1.807) is 32.9 Å². The Morgan fingerprint density at radius 1 is 1.13 bits per heavy atom. The third-order valence-electron chi connectivity index (χ3n) is 7.40. The SMILES string of the molecule is CC(=O)N1CCC(c2ccc3c(c2)C(=O)N(Cc2ccc(-c4nnc(C(F)F)o4)cn2)C(=O)C3(C)C)CC1. The van der Waals surface area contributed by atoms with Crippen LogP contribution in [-0.4, -0.2) is 55.8 Å². The number of aromatic nitrogens is 3. The molecule has 0 spiro atoms. The number of carbonyl (C=O) groups is 3. The zero-order valence-corrected chi connectivity index (χ0v) is 21.3. The first kappa shape index (κ1) is 25.6. The van der Waals surface area contributed by atoms with Crippen LogP contribution in [0.15, 0.2) is 40.9 Å². The van der Waals surface area contributed by atoms with Gasteiger partial charge in [0.25, 0.3) is 11.8 Å². The van der Waals surface area contributed by atoms with E-state index in [1.165, 1.54) is 11.1 Å². The van der Waals surface area contributed by atoms with Gasteiger partial charge in [-0.3, -0.25) is 24.3 Å². The van der Waals surface area contributed by atoms with E-state index < -0.39 is 23.6 Å². The van der Waals surface area contributed by atoms with Gasteiger partial charge in [0, 0.05) is 31.8 Å². The zero-order valence-electron chi connectivity index (χ0n) is 21.3. The summed E-state index contributed by atoms with van der Waals surface area (Å²) in [5.41, 5.74) is 2.06. The highest BCUT2D eigenvalue weighted by Crippen LogP contribution is 2.38. The fourth-order valence-electron chi connectivity index (χ4n) is 5.15. The standard InChI is InChI=1S/C27H27F2N5O4/c1-15(35)33-10-8-16(9-11-33)17-5-7-21-20(12-17)25(36)34(26(37)27(21,2)3)14-19-6-4-18(13-30-19)23-31-32-24(38-23)22(28)29/h4-7,12-13,16,22H,8-11,14H2,1-3H3. The minimum Gasteiger partial charge on any atom is -0.415 e. The van der Waals surface area contributed by atoms with E-state index in [0.29, 0.717) is 35.5 Å². The molecule has 9 nitrogen and oxygen atoms in total. The third kappa shape index (κ3) is 4.57. The first-order chi connectivity index (χ1) is 18.1. The van der Waals surface area contributed by atoms with Gasteiger partial charge in [-0.25, -0.2) is 0 Å². The molecule has 2 aromatic heterocycles. The molecule has 2 aliphatic rings. The first-order valence-electron chi connectivity index (χ1n) is 12.4. The van der Waals surface area contributed by atoms with E-state index in [0.717, 1.165) is 18.4 Å². The fraction of sp³-hybridized carbons (Fsp3) is 0.407. The van der Waals surface area contributed by atoms with Crippen molar-refractivity contribution in [1.29, 1.82) is 0 Å². The molecule has 0 unspecified atom stereocenters. The summed E-state index contributed by atoms with van der Waals surface area (Å²) in [6.45, 7) is 6.47. The number of amides is 3. The van der Waals surface area contributed by atoms with Gasteiger partial charge in [0.2, 0.25) is 17.7 Å². The summed E-state index contributed by atoms with van der Waals surface area (Å²) < 4.78 is 30.4. The van der Waals surface area contributed by atoms with Gasteiger partial charge < -0.3 is 9.32 Å². The molecule has 38 heavy (non-hydrogen) atoms. The number of halogens is 2. The number of likely N-dealkylation sites (tertiary alicyclic amines) is 1. The predicted octanol–water partition coefficient (Wildman–Crippen LogP) is 4.26. The van der Waals surface area contributed by atoms with Gasteiger partial charge in [-0.15, -0.1) is 10.2 Å². The molecule has 0 atom stereocenters. The molecule has 5 rings (SSSR count). The van der Waals surface area contributed by atoms with Crippen LogP contribution in [0.25, 0.3) is 11.5 Å². The number of nitrogens with zero attached hydrogens (tertiary/aromatic N) is 5. The van der Waals surface area contributed by atoms with Crippen LogP contribution in [0.1, 0.15) is 79.0 Å². The Morgan fingerprint density at radius 2 is 1.87 bits per heavy atom. The molecule has 4 heterocycles. The summed E-state index contributed by atoms with van der Waals surface area (Å²) >= 11 is 0. The van der Waals surface area contributed by atoms with E-state index in [1.807, 2.05) is 23.1 Å². The number of rotatable bonds is 5. The van der Waals surface area contributed by atoms with E-state index in [2.05, 4.69) is 15.2 Å². The maximum Gasteiger partial charge on any atom is 0.314 e. The Balaban J connectivity index is 1.37. The monoisotopic (exact) mass is 523 g/mol. The molecule has 3 aromatic rings. The largest absolute Gasteiger partial charge is 0.415 e. The lowest BCUT2D eigenvalue weighted by atomic mass is 9.75. The average Bonchev–Trinajstić information content (AvgIpc) is 3.41. The van der Waals surface area contributed by atoms with Gasteiger partial charge in [-0.05, 0) is 61.9 Å². The number of carbonyl (C=O) groups excluding carboxylic acids is 3. The molecule has 198 valence electrons. The van der Waals surface area contributed by atoms with Crippen molar-refractivity contribution in [2.45, 2.75) is 57.9 Å². The number of alkyl halides is 2. The van der Waals surface area contributed by atoms with Crippen molar-refractivity contribution < 1.29 is 27.6 Å². The zero-order chi connectivity index (χ0) is 27.2. The van der Waals surface area contributed by atoms with Crippen LogP contribution in [-0.2, 0) is 21.5 Å². The van der Waals surface area contributed by atoms with Crippen molar-refractivity contribution in [2.24, 2.45) is 0 Å². The highest BCUT2D eigenvalue weighted by molar-refractivity contribution is 6.12. The lowest BCUT2D eigenvalue weighted by molar-refractivity contribution is -0.135. The Morgan fingerprint density at radius 3 is 2.47 bits per heavy atom. The lowest BCUT2D eigenvalue weighted by Gasteiger charge is -2.38. The first-order valence-corrected chi connectivity index (χ1v) is 12.4. The van der Waals surface area contributed by atoms with Crippen LogP contribution >= 0.6 is 0 Å². The van der Waals surface area contributed by atoms with Crippen molar-refractivity contribution in [3.05, 3.63) is 64.8 Å². The van der Waals surface area contributed by atoms with Gasteiger partial charge >= 0.3 is 6.43 Å². The molecular formula is C27H27F2N5O4. The molecule has 2 aliphatic heterocycles. The Hall–Kier alpha value is -4.02. The molecule has 0 aliphatic carbocycles. The summed E-state index contributed by atoms with van der Waals surface area (Å²) in [4.78, 5) is 46.0. The molecule has 0 radical (unpaired) electrons. The van der Waals surface area contributed by atoms with Crippen LogP contribution in [0.5, 0.6) is 0 Å². The molecule has 0 saturated carbocycles. The fourth-order valence-corrected chi connectivity index (χ4v) is 5.15. The van der Waals surface area contributed by atoms with Gasteiger partial charge in [-0.2, -0.15) is 8.78 Å². The second-order valence-corrected chi connectivity index (χ2v) is 10.2. The summed E-state index contributed by atoms with van der Waals surface area (Å²) in [6, 6.07) is 8.90. The molecule has 0 N–H and O–H groups in total. The van der Waals surface area contributed by atoms with Crippen LogP contribution < -0.4 is 0 Å². The molecule has 1 saturated heterocycles. The summed E-state index contributed by atoms with van der Waals surface area (Å²) in [5, 5.41) is 6.91. The Kier molecular flexibility index (Phi) is 6.54. The predicted molar refractivity (Wildman–Crippen MR) is 131 cm³/mol. The smallest absolute Gasteiger partial charge is 0.314 e. The Bertz CT molecular complexity index is 1390. The number of imide groups is 1. The molecule has 3 amide bonds. The van der Waals surface area contributed by atoms with Gasteiger partial charge in [0.1, 0.15) is 0 Å². The topological polar surface area (TPSA) is 110 Å². The second kappa shape index (κ2) is 9.70. The number of fused-ring (bicyclic) bond motifs is 1. The highest BCUT2D eigenvalue weighted by atomic mass is 19.3. The number of benzene rings is 1. The number of pyridine rings is 1. The minimum atomic E-state index is -2.88. The van der Waals surface area contributed by atoms with Gasteiger partial charge in [0.15, 0.2) is 0 Å². The van der Waals surface area contributed by atoms with Crippen LogP contribution in [0, 0.1) is 0 Å². The highest BCUT2D eigenvalue weighted by Gasteiger charge is 2.44. The summed E-state index contributed by atoms with van der Waals surface area (Å²) in [7, 11) is 0. The summed E-state index contributed by atoms with van der Waals surface area (Å²) in [6.07, 6.45) is 0.128. The Labute approximate surface area is 217 Å². The van der Waals surface area contributed by atoms with Crippen molar-refractivity contribution >= 4 is 17.7 Å². The minimum absolute atomic E-state index is 0.0475. The molecule has 1 aromatic carbocycles. The maximum atomic E-state index is 13.6. The molecular weight excluding hydrogens is 496 g/mol. The summed E-state index contributed by atoms with van der Waals surface area (Å²) in [5.74, 6) is -1.31. The quantitative estimate of drug-likeness (QED) is 0.460. The van der Waals surface area contributed by atoms with Crippen LogP contribution in [0.4, 0.5) is 8.78 Å². The molecule has 11 heteroatoms. The van der Waals surface area contributed by atoms with Crippen molar-refractivity contribution in [2.75, 3.05) is 13.1 Å². The molecule has 1 fully saturated rings. The average molecular weight is 524 g/mol. The van der Waals surface area contributed by atoms with Crippen LogP contribution in [0.3, 0.4) is 0 Å². The normalized spacial score (nSPS) is 17.7. The van der Waals surface area contributed by atoms with E-state index in [-0.39, 0.29) is 30.2 Å². The molecule has 0 bridgehead atoms. The van der Waals surface area contributed by atoms with Gasteiger partial charge in [0.05, 0.1) is 23.2 Å².